The van der Waals surface area contributed by atoms with E-state index in [1.807, 2.05) is 13.0 Å². The zero-order chi connectivity index (χ0) is 12.4. The summed E-state index contributed by atoms with van der Waals surface area (Å²) in [7, 11) is 0. The molecule has 17 heavy (non-hydrogen) atoms. The first-order valence-electron chi connectivity index (χ1n) is 4.73. The van der Waals surface area contributed by atoms with E-state index in [4.69, 9.17) is 17.2 Å². The molecular formula is C9H11N7S. The number of rotatable bonds is 1. The minimum absolute atomic E-state index is 0.00985. The van der Waals surface area contributed by atoms with E-state index in [0.29, 0.717) is 5.69 Å². The summed E-state index contributed by atoms with van der Waals surface area (Å²) in [6.45, 7) is 1.90. The first-order valence-corrected chi connectivity index (χ1v) is 5.46. The average molecular weight is 249 g/mol. The molecule has 0 spiro atoms. The third-order valence-electron chi connectivity index (χ3n) is 2.05. The van der Waals surface area contributed by atoms with Crippen LogP contribution in [-0.2, 0) is 0 Å². The van der Waals surface area contributed by atoms with Crippen LogP contribution in [0, 0.1) is 6.92 Å². The van der Waals surface area contributed by atoms with Crippen molar-refractivity contribution in [1.82, 2.24) is 8.75 Å². The van der Waals surface area contributed by atoms with Crippen LogP contribution in [-0.4, -0.2) is 20.7 Å². The van der Waals surface area contributed by atoms with Crippen LogP contribution < -0.4 is 17.2 Å². The van der Waals surface area contributed by atoms with Crippen LogP contribution in [0.15, 0.2) is 22.1 Å². The van der Waals surface area contributed by atoms with Crippen molar-refractivity contribution in [3.63, 3.8) is 0 Å². The Morgan fingerprint density at radius 3 is 2.47 bits per heavy atom. The van der Waals surface area contributed by atoms with Gasteiger partial charge in [0.1, 0.15) is 11.0 Å². The summed E-state index contributed by atoms with van der Waals surface area (Å²) < 4.78 is 8.26. The largest absolute Gasteiger partial charge is 0.370 e. The van der Waals surface area contributed by atoms with Gasteiger partial charge in [-0.1, -0.05) is 0 Å². The highest BCUT2D eigenvalue weighted by molar-refractivity contribution is 7.00. The average Bonchev–Trinajstić information content (AvgIpc) is 2.63. The first kappa shape index (κ1) is 11.3. The van der Waals surface area contributed by atoms with E-state index in [-0.39, 0.29) is 11.9 Å². The second-order valence-electron chi connectivity index (χ2n) is 3.40. The normalized spacial score (nSPS) is 11.7. The van der Waals surface area contributed by atoms with Crippen molar-refractivity contribution in [2.45, 2.75) is 6.92 Å². The van der Waals surface area contributed by atoms with Gasteiger partial charge in [-0.3, -0.25) is 0 Å². The fraction of sp³-hybridized carbons (Fsp3) is 0.111. The molecule has 8 heteroatoms. The van der Waals surface area contributed by atoms with Crippen LogP contribution in [0.2, 0.25) is 0 Å². The summed E-state index contributed by atoms with van der Waals surface area (Å²) >= 11 is 1.15. The number of aryl methyl sites for hydroxylation is 1. The van der Waals surface area contributed by atoms with Gasteiger partial charge in [-0.25, -0.2) is 4.99 Å². The molecule has 1 aromatic carbocycles. The number of nitrogens with zero attached hydrogens (tertiary/aromatic N) is 4. The maximum Gasteiger partial charge on any atom is 0.223 e. The lowest BCUT2D eigenvalue weighted by Crippen LogP contribution is -2.26. The van der Waals surface area contributed by atoms with E-state index >= 15 is 0 Å². The van der Waals surface area contributed by atoms with Crippen molar-refractivity contribution in [2.75, 3.05) is 0 Å². The number of hydrogen-bond acceptors (Lipinski definition) is 4. The molecule has 0 atom stereocenters. The van der Waals surface area contributed by atoms with Crippen molar-refractivity contribution in [1.29, 1.82) is 0 Å². The summed E-state index contributed by atoms with van der Waals surface area (Å²) in [5, 5.41) is 0. The summed E-state index contributed by atoms with van der Waals surface area (Å²) in [5.74, 6) is -0.115. The van der Waals surface area contributed by atoms with Crippen LogP contribution in [0.25, 0.3) is 11.0 Å². The third kappa shape index (κ3) is 2.48. The number of benzene rings is 1. The van der Waals surface area contributed by atoms with E-state index in [1.165, 1.54) is 0 Å². The third-order valence-corrected chi connectivity index (χ3v) is 2.61. The molecule has 0 saturated carbocycles. The number of hydrogen-bond donors (Lipinski definition) is 3. The lowest BCUT2D eigenvalue weighted by molar-refractivity contribution is 1.35. The topological polar surface area (TPSA) is 129 Å². The molecule has 0 amide bonds. The number of nitrogens with two attached hydrogens (primary N) is 3. The predicted molar refractivity (Wildman–Crippen MR) is 69.2 cm³/mol. The van der Waals surface area contributed by atoms with Gasteiger partial charge in [0.25, 0.3) is 0 Å². The molecule has 7 nitrogen and oxygen atoms in total. The molecule has 88 valence electrons. The standard InChI is InChI=1S/C9H11N7S/c1-4-2-6-7(16-17-15-6)3-5(4)13-9(12)14-8(10)11/h2-3H,1H3,(H6,10,11,12,13,14). The van der Waals surface area contributed by atoms with E-state index in [9.17, 15) is 0 Å². The maximum absolute atomic E-state index is 5.56. The Morgan fingerprint density at radius 1 is 1.18 bits per heavy atom. The van der Waals surface area contributed by atoms with Crippen molar-refractivity contribution < 1.29 is 0 Å². The smallest absolute Gasteiger partial charge is 0.223 e. The Bertz CT molecular complexity index is 609. The Hall–Kier alpha value is -2.22. The highest BCUT2D eigenvalue weighted by atomic mass is 32.1. The Kier molecular flexibility index (Phi) is 2.88. The van der Waals surface area contributed by atoms with Crippen molar-refractivity contribution in [2.24, 2.45) is 27.2 Å². The van der Waals surface area contributed by atoms with Gasteiger partial charge < -0.3 is 17.2 Å². The van der Waals surface area contributed by atoms with Gasteiger partial charge in [-0.2, -0.15) is 13.7 Å². The number of guanidine groups is 2. The molecular weight excluding hydrogens is 238 g/mol. The van der Waals surface area contributed by atoms with Gasteiger partial charge in [-0.15, -0.1) is 0 Å². The summed E-state index contributed by atoms with van der Waals surface area (Å²) in [6.07, 6.45) is 0. The van der Waals surface area contributed by atoms with Gasteiger partial charge in [0.15, 0.2) is 5.96 Å². The fourth-order valence-electron chi connectivity index (χ4n) is 1.33. The maximum atomic E-state index is 5.56. The Morgan fingerprint density at radius 2 is 1.82 bits per heavy atom. The quantitative estimate of drug-likeness (QED) is 0.492. The minimum Gasteiger partial charge on any atom is -0.370 e. The lowest BCUT2D eigenvalue weighted by atomic mass is 10.2. The molecule has 2 aromatic rings. The number of aromatic nitrogens is 2. The molecule has 0 aliphatic rings. The molecule has 1 aromatic heterocycles. The van der Waals surface area contributed by atoms with Gasteiger partial charge in [0.2, 0.25) is 5.96 Å². The summed E-state index contributed by atoms with van der Waals surface area (Å²) in [5.41, 5.74) is 19.2. The molecule has 2 rings (SSSR count). The fourth-order valence-corrected chi connectivity index (χ4v) is 1.84. The van der Waals surface area contributed by atoms with Crippen molar-refractivity contribution >= 4 is 40.4 Å². The molecule has 0 aliphatic heterocycles. The molecule has 0 radical (unpaired) electrons. The number of aliphatic imine (C=N–C) groups is 2. The first-order chi connectivity index (χ1) is 8.06. The highest BCUT2D eigenvalue weighted by Crippen LogP contribution is 2.24. The number of fused-ring (bicyclic) bond motifs is 1. The van der Waals surface area contributed by atoms with E-state index in [1.54, 1.807) is 6.07 Å². The van der Waals surface area contributed by atoms with Gasteiger partial charge in [-0.05, 0) is 24.6 Å². The predicted octanol–water partition coefficient (Wildman–Crippen LogP) is 0.219. The lowest BCUT2D eigenvalue weighted by Gasteiger charge is -2.00. The summed E-state index contributed by atoms with van der Waals surface area (Å²) in [4.78, 5) is 7.76. The molecule has 0 fully saturated rings. The molecule has 0 saturated heterocycles. The molecule has 0 unspecified atom stereocenters. The molecule has 0 aliphatic carbocycles. The zero-order valence-electron chi connectivity index (χ0n) is 9.08. The van der Waals surface area contributed by atoms with Crippen LogP contribution >= 0.6 is 11.7 Å². The van der Waals surface area contributed by atoms with Gasteiger partial charge >= 0.3 is 0 Å². The van der Waals surface area contributed by atoms with Crippen LogP contribution in [0.1, 0.15) is 5.56 Å². The molecule has 0 bridgehead atoms. The van der Waals surface area contributed by atoms with Gasteiger partial charge in [0, 0.05) is 0 Å². The Balaban J connectivity index is 2.48. The van der Waals surface area contributed by atoms with Crippen molar-refractivity contribution in [3.8, 4) is 0 Å². The second-order valence-corrected chi connectivity index (χ2v) is 3.93. The molecule has 6 N–H and O–H groups in total. The van der Waals surface area contributed by atoms with Crippen molar-refractivity contribution in [3.05, 3.63) is 17.7 Å². The van der Waals surface area contributed by atoms with Crippen LogP contribution in [0.5, 0.6) is 0 Å². The summed E-state index contributed by atoms with van der Waals surface area (Å²) in [6, 6.07) is 3.68. The van der Waals surface area contributed by atoms with Crippen LogP contribution in [0.4, 0.5) is 5.69 Å². The molecule has 1 heterocycles. The van der Waals surface area contributed by atoms with E-state index < -0.39 is 0 Å². The highest BCUT2D eigenvalue weighted by Gasteiger charge is 2.04. The van der Waals surface area contributed by atoms with Crippen LogP contribution in [0.3, 0.4) is 0 Å². The SMILES string of the molecule is Cc1cc2nsnc2cc1N=C(N)N=C(N)N. The van der Waals surface area contributed by atoms with E-state index in [2.05, 4.69) is 18.7 Å². The van der Waals surface area contributed by atoms with E-state index in [0.717, 1.165) is 28.3 Å². The zero-order valence-corrected chi connectivity index (χ0v) is 9.90. The van der Waals surface area contributed by atoms with Gasteiger partial charge in [0.05, 0.1) is 17.4 Å². The minimum atomic E-state index is -0.125. The Labute approximate surface area is 101 Å². The second kappa shape index (κ2) is 4.34. The monoisotopic (exact) mass is 249 g/mol.